The van der Waals surface area contributed by atoms with Crippen LogP contribution in [0, 0.1) is 0 Å². The van der Waals surface area contributed by atoms with E-state index in [1.807, 2.05) is 25.9 Å². The monoisotopic (exact) mass is 198 g/mol. The highest BCUT2D eigenvalue weighted by atomic mass is 16.5. The van der Waals surface area contributed by atoms with Crippen LogP contribution in [-0.4, -0.2) is 36.6 Å². The van der Waals surface area contributed by atoms with Crippen LogP contribution in [0.2, 0.25) is 0 Å². The summed E-state index contributed by atoms with van der Waals surface area (Å²) in [6, 6.07) is 0. The average molecular weight is 198 g/mol. The molecule has 1 heterocycles. The zero-order chi connectivity index (χ0) is 10.6. The highest BCUT2D eigenvalue weighted by Gasteiger charge is 2.08. The van der Waals surface area contributed by atoms with Crippen LogP contribution in [0.1, 0.15) is 6.92 Å². The van der Waals surface area contributed by atoms with Gasteiger partial charge in [0.1, 0.15) is 0 Å². The van der Waals surface area contributed by atoms with Gasteiger partial charge in [-0.05, 0) is 6.92 Å². The van der Waals surface area contributed by atoms with E-state index < -0.39 is 0 Å². The minimum Gasteiger partial charge on any atom is -0.394 e. The molecule has 0 radical (unpaired) electrons. The van der Waals surface area contributed by atoms with Gasteiger partial charge in [-0.2, -0.15) is 5.10 Å². The van der Waals surface area contributed by atoms with Crippen LogP contribution in [0.5, 0.6) is 0 Å². The molecule has 0 saturated heterocycles. The normalized spacial score (nSPS) is 10.5. The van der Waals surface area contributed by atoms with Gasteiger partial charge in [0, 0.05) is 33.4 Å². The summed E-state index contributed by atoms with van der Waals surface area (Å²) in [6.07, 6.45) is 1.80. The predicted molar refractivity (Wildman–Crippen MR) is 57.4 cm³/mol. The summed E-state index contributed by atoms with van der Waals surface area (Å²) in [7, 11) is 3.81. The molecule has 0 aromatic carbocycles. The number of nitrogens with two attached hydrogens (primary N) is 1. The lowest BCUT2D eigenvalue weighted by molar-refractivity contribution is 0.154. The predicted octanol–water partition coefficient (Wildman–Crippen LogP) is 0.475. The molecule has 1 aromatic heterocycles. The van der Waals surface area contributed by atoms with E-state index in [1.165, 1.54) is 0 Å². The molecule has 0 atom stereocenters. The van der Waals surface area contributed by atoms with Gasteiger partial charge in [0.05, 0.1) is 12.3 Å². The molecule has 0 amide bonds. The zero-order valence-electron chi connectivity index (χ0n) is 9.03. The first-order valence-electron chi connectivity index (χ1n) is 4.73. The Kier molecular flexibility index (Phi) is 3.76. The molecule has 5 nitrogen and oxygen atoms in total. The Bertz CT molecular complexity index is 284. The summed E-state index contributed by atoms with van der Waals surface area (Å²) in [5, 5.41) is 4.25. The van der Waals surface area contributed by atoms with Gasteiger partial charge in [0.2, 0.25) is 0 Å². The van der Waals surface area contributed by atoms with Crippen molar-refractivity contribution in [2.75, 3.05) is 37.4 Å². The van der Waals surface area contributed by atoms with E-state index in [9.17, 15) is 0 Å². The van der Waals surface area contributed by atoms with Gasteiger partial charge >= 0.3 is 0 Å². The number of nitrogen functional groups attached to an aromatic ring is 1. The quantitative estimate of drug-likeness (QED) is 0.699. The average Bonchev–Trinajstić information content (AvgIpc) is 2.45. The van der Waals surface area contributed by atoms with Crippen molar-refractivity contribution < 1.29 is 4.74 Å². The second-order valence-electron chi connectivity index (χ2n) is 3.20. The van der Waals surface area contributed by atoms with Crippen molar-refractivity contribution in [1.29, 1.82) is 0 Å². The van der Waals surface area contributed by atoms with Gasteiger partial charge in [-0.15, -0.1) is 0 Å². The molecular weight excluding hydrogens is 180 g/mol. The summed E-state index contributed by atoms with van der Waals surface area (Å²) in [4.78, 5) is 1.99. The first-order valence-corrected chi connectivity index (χ1v) is 4.73. The minimum absolute atomic E-state index is 0.697. The molecule has 0 spiro atoms. The molecule has 0 fully saturated rings. The van der Waals surface area contributed by atoms with Crippen molar-refractivity contribution >= 4 is 11.5 Å². The zero-order valence-corrected chi connectivity index (χ0v) is 9.03. The standard InChI is InChI=1S/C9H18N4O/c1-4-14-6-5-12(2)9-8(10)7-13(3)11-9/h7H,4-6,10H2,1-3H3. The number of likely N-dealkylation sites (N-methyl/N-ethyl adjacent to an activating group) is 1. The van der Waals surface area contributed by atoms with Crippen LogP contribution in [0.15, 0.2) is 6.20 Å². The van der Waals surface area contributed by atoms with Crippen molar-refractivity contribution in [1.82, 2.24) is 9.78 Å². The highest BCUT2D eigenvalue weighted by Crippen LogP contribution is 2.17. The van der Waals surface area contributed by atoms with Crippen molar-refractivity contribution in [2.45, 2.75) is 6.92 Å². The Labute approximate surface area is 84.4 Å². The Morgan fingerprint density at radius 3 is 2.86 bits per heavy atom. The molecule has 0 aliphatic carbocycles. The molecule has 1 aromatic rings. The number of hydrogen-bond donors (Lipinski definition) is 1. The molecule has 0 aliphatic heterocycles. The lowest BCUT2D eigenvalue weighted by Gasteiger charge is -2.16. The van der Waals surface area contributed by atoms with Crippen LogP contribution in [0.4, 0.5) is 11.5 Å². The molecule has 14 heavy (non-hydrogen) atoms. The lowest BCUT2D eigenvalue weighted by Crippen LogP contribution is -2.23. The summed E-state index contributed by atoms with van der Waals surface area (Å²) in [5.74, 6) is 0.812. The Hall–Kier alpha value is -1.23. The molecule has 2 N–H and O–H groups in total. The third-order valence-electron chi connectivity index (χ3n) is 1.97. The van der Waals surface area contributed by atoms with E-state index in [0.717, 1.165) is 19.0 Å². The number of aryl methyl sites for hydroxylation is 1. The molecule has 5 heteroatoms. The fourth-order valence-electron chi connectivity index (χ4n) is 1.24. The number of rotatable bonds is 5. The Morgan fingerprint density at radius 1 is 1.64 bits per heavy atom. The van der Waals surface area contributed by atoms with Crippen molar-refractivity contribution in [3.8, 4) is 0 Å². The van der Waals surface area contributed by atoms with Crippen molar-refractivity contribution in [3.05, 3.63) is 6.20 Å². The largest absolute Gasteiger partial charge is 0.394 e. The van der Waals surface area contributed by atoms with Crippen LogP contribution < -0.4 is 10.6 Å². The van der Waals surface area contributed by atoms with Crippen LogP contribution in [0.3, 0.4) is 0 Å². The smallest absolute Gasteiger partial charge is 0.173 e. The number of nitrogens with zero attached hydrogens (tertiary/aromatic N) is 3. The summed E-state index contributed by atoms with van der Waals surface area (Å²) >= 11 is 0. The maximum Gasteiger partial charge on any atom is 0.173 e. The van der Waals surface area contributed by atoms with E-state index >= 15 is 0 Å². The number of aromatic nitrogens is 2. The van der Waals surface area contributed by atoms with Gasteiger partial charge in [0.25, 0.3) is 0 Å². The molecule has 0 unspecified atom stereocenters. The van der Waals surface area contributed by atoms with Gasteiger partial charge in [0.15, 0.2) is 5.82 Å². The van der Waals surface area contributed by atoms with E-state index in [4.69, 9.17) is 10.5 Å². The third kappa shape index (κ3) is 2.63. The maximum absolute atomic E-state index is 5.78. The van der Waals surface area contributed by atoms with E-state index in [0.29, 0.717) is 12.3 Å². The van der Waals surface area contributed by atoms with Gasteiger partial charge in [-0.1, -0.05) is 0 Å². The second-order valence-corrected chi connectivity index (χ2v) is 3.20. The number of anilines is 2. The minimum atomic E-state index is 0.697. The van der Waals surface area contributed by atoms with Crippen molar-refractivity contribution in [3.63, 3.8) is 0 Å². The number of hydrogen-bond acceptors (Lipinski definition) is 4. The molecule has 0 saturated carbocycles. The van der Waals surface area contributed by atoms with E-state index in [-0.39, 0.29) is 0 Å². The SMILES string of the molecule is CCOCCN(C)c1nn(C)cc1N. The first kappa shape index (κ1) is 10.8. The van der Waals surface area contributed by atoms with Crippen molar-refractivity contribution in [2.24, 2.45) is 7.05 Å². The fraction of sp³-hybridized carbons (Fsp3) is 0.667. The summed E-state index contributed by atoms with van der Waals surface area (Å²) in [6.45, 7) is 4.22. The highest BCUT2D eigenvalue weighted by molar-refractivity contribution is 5.61. The van der Waals surface area contributed by atoms with E-state index in [2.05, 4.69) is 5.10 Å². The third-order valence-corrected chi connectivity index (χ3v) is 1.97. The van der Waals surface area contributed by atoms with Gasteiger partial charge in [-0.25, -0.2) is 0 Å². The maximum atomic E-state index is 5.78. The molecule has 1 rings (SSSR count). The van der Waals surface area contributed by atoms with Gasteiger partial charge < -0.3 is 15.4 Å². The fourth-order valence-corrected chi connectivity index (χ4v) is 1.24. The Balaban J connectivity index is 2.51. The second kappa shape index (κ2) is 4.85. The van der Waals surface area contributed by atoms with Crippen LogP contribution in [0.25, 0.3) is 0 Å². The topological polar surface area (TPSA) is 56.3 Å². The molecule has 0 bridgehead atoms. The number of ether oxygens (including phenoxy) is 1. The van der Waals surface area contributed by atoms with E-state index in [1.54, 1.807) is 10.9 Å². The van der Waals surface area contributed by atoms with Crippen LogP contribution in [-0.2, 0) is 11.8 Å². The summed E-state index contributed by atoms with van der Waals surface area (Å²) < 4.78 is 6.97. The first-order chi connectivity index (χ1) is 6.65. The molecular formula is C9H18N4O. The molecule has 80 valence electrons. The van der Waals surface area contributed by atoms with Gasteiger partial charge in [-0.3, -0.25) is 4.68 Å². The Morgan fingerprint density at radius 2 is 2.36 bits per heavy atom. The van der Waals surface area contributed by atoms with Crippen LogP contribution >= 0.6 is 0 Å². The lowest BCUT2D eigenvalue weighted by atomic mass is 10.4. The molecule has 0 aliphatic rings. The summed E-state index contributed by atoms with van der Waals surface area (Å²) in [5.41, 5.74) is 6.48.